The van der Waals surface area contributed by atoms with Crippen LogP contribution in [0.15, 0.2) is 72.8 Å². The standard InChI is InChI=1S/C18H12/c1-3-7-16-13(5-1)9-11-15-12-10-14-6-2-4-8-17(14)18(15)16/h1-12H. The Hall–Kier alpha value is -2.34. The third-order valence-corrected chi connectivity index (χ3v) is 3.63. The number of hydrogen-bond acceptors (Lipinski definition) is 0. The molecule has 0 aliphatic carbocycles. The molecule has 0 atom stereocenters. The quantitative estimate of drug-likeness (QED) is 0.365. The van der Waals surface area contributed by atoms with Crippen molar-refractivity contribution in [3.63, 3.8) is 0 Å². The molecular weight excluding hydrogens is 216 g/mol. The highest BCUT2D eigenvalue weighted by Gasteiger charge is 2.03. The van der Waals surface area contributed by atoms with Gasteiger partial charge in [0.15, 0.2) is 0 Å². The number of rotatable bonds is 0. The maximum Gasteiger partial charge on any atom is -0.00268 e. The monoisotopic (exact) mass is 228 g/mol. The maximum absolute atomic E-state index is 2.21. The third kappa shape index (κ3) is 1.26. The highest BCUT2D eigenvalue weighted by Crippen LogP contribution is 2.31. The van der Waals surface area contributed by atoms with E-state index in [-0.39, 0.29) is 0 Å². The fourth-order valence-electron chi connectivity index (χ4n) is 2.78. The van der Waals surface area contributed by atoms with E-state index in [0.717, 1.165) is 0 Å². The van der Waals surface area contributed by atoms with Crippen molar-refractivity contribution in [3.05, 3.63) is 72.8 Å². The first kappa shape index (κ1) is 9.67. The smallest absolute Gasteiger partial charge is 0.00268 e. The Balaban J connectivity index is 2.38. The lowest BCUT2D eigenvalue weighted by Crippen LogP contribution is -1.80. The molecule has 4 rings (SSSR count). The fourth-order valence-corrected chi connectivity index (χ4v) is 2.78. The first-order valence-electron chi connectivity index (χ1n) is 6.23. The summed E-state index contributed by atoms with van der Waals surface area (Å²) < 4.78 is 0. The summed E-state index contributed by atoms with van der Waals surface area (Å²) in [7, 11) is 0. The largest absolute Gasteiger partial charge is 0.0616 e. The molecule has 0 aromatic heterocycles. The molecule has 0 saturated carbocycles. The third-order valence-electron chi connectivity index (χ3n) is 3.63. The van der Waals surface area contributed by atoms with Crippen LogP contribution in [-0.2, 0) is 0 Å². The van der Waals surface area contributed by atoms with E-state index in [9.17, 15) is 0 Å². The summed E-state index contributed by atoms with van der Waals surface area (Å²) in [5, 5.41) is 7.97. The zero-order chi connectivity index (χ0) is 11.9. The molecule has 0 N–H and O–H groups in total. The van der Waals surface area contributed by atoms with E-state index in [2.05, 4.69) is 72.8 Å². The van der Waals surface area contributed by atoms with Crippen LogP contribution in [0.3, 0.4) is 0 Å². The predicted octanol–water partition coefficient (Wildman–Crippen LogP) is 5.15. The zero-order valence-electron chi connectivity index (χ0n) is 9.93. The van der Waals surface area contributed by atoms with Crippen LogP contribution in [0, 0.1) is 0 Å². The van der Waals surface area contributed by atoms with Gasteiger partial charge >= 0.3 is 0 Å². The van der Waals surface area contributed by atoms with Crippen LogP contribution in [0.25, 0.3) is 32.3 Å². The van der Waals surface area contributed by atoms with Gasteiger partial charge < -0.3 is 0 Å². The Morgan fingerprint density at radius 2 is 0.833 bits per heavy atom. The number of benzene rings is 4. The van der Waals surface area contributed by atoms with Crippen molar-refractivity contribution < 1.29 is 0 Å². The first-order chi connectivity index (χ1) is 8.93. The summed E-state index contributed by atoms with van der Waals surface area (Å²) in [6, 6.07) is 26.0. The molecule has 0 nitrogen and oxygen atoms in total. The van der Waals surface area contributed by atoms with Gasteiger partial charge in [0.25, 0.3) is 0 Å². The molecule has 0 spiro atoms. The van der Waals surface area contributed by atoms with Gasteiger partial charge in [-0.25, -0.2) is 0 Å². The van der Waals surface area contributed by atoms with E-state index in [1.807, 2.05) is 0 Å². The summed E-state index contributed by atoms with van der Waals surface area (Å²) in [6.07, 6.45) is 0. The average molecular weight is 228 g/mol. The van der Waals surface area contributed by atoms with Crippen LogP contribution in [0.2, 0.25) is 0 Å². The molecule has 0 aliphatic heterocycles. The van der Waals surface area contributed by atoms with Crippen LogP contribution in [0.5, 0.6) is 0 Å². The SMILES string of the molecule is c1ccc2c(c1)ccc1ccc3ccccc3c12. The van der Waals surface area contributed by atoms with E-state index in [4.69, 9.17) is 0 Å². The summed E-state index contributed by atoms with van der Waals surface area (Å²) in [5.41, 5.74) is 0. The minimum absolute atomic E-state index is 1.31. The van der Waals surface area contributed by atoms with Gasteiger partial charge in [-0.2, -0.15) is 0 Å². The molecule has 0 bridgehead atoms. The van der Waals surface area contributed by atoms with Crippen molar-refractivity contribution >= 4 is 32.3 Å². The Kier molecular flexibility index (Phi) is 1.92. The Morgan fingerprint density at radius 1 is 0.389 bits per heavy atom. The van der Waals surface area contributed by atoms with Gasteiger partial charge in [0, 0.05) is 0 Å². The van der Waals surface area contributed by atoms with Gasteiger partial charge in [0.2, 0.25) is 0 Å². The topological polar surface area (TPSA) is 0 Å². The molecule has 0 saturated heterocycles. The van der Waals surface area contributed by atoms with Crippen molar-refractivity contribution in [1.29, 1.82) is 0 Å². The van der Waals surface area contributed by atoms with E-state index in [1.165, 1.54) is 32.3 Å². The molecule has 4 aromatic carbocycles. The Bertz CT molecular complexity index is 802. The van der Waals surface area contributed by atoms with Crippen molar-refractivity contribution in [3.8, 4) is 0 Å². The normalized spacial score (nSPS) is 11.3. The van der Waals surface area contributed by atoms with Gasteiger partial charge in [-0.05, 0) is 32.3 Å². The van der Waals surface area contributed by atoms with E-state index in [1.54, 1.807) is 0 Å². The van der Waals surface area contributed by atoms with Crippen LogP contribution >= 0.6 is 0 Å². The lowest BCUT2D eigenvalue weighted by atomic mass is 9.97. The minimum atomic E-state index is 1.31. The van der Waals surface area contributed by atoms with Gasteiger partial charge in [0.05, 0.1) is 0 Å². The van der Waals surface area contributed by atoms with E-state index >= 15 is 0 Å². The summed E-state index contributed by atoms with van der Waals surface area (Å²) in [5.74, 6) is 0. The molecule has 0 aliphatic rings. The molecule has 0 unspecified atom stereocenters. The van der Waals surface area contributed by atoms with Gasteiger partial charge in [-0.15, -0.1) is 0 Å². The second-order valence-corrected chi connectivity index (χ2v) is 4.67. The second-order valence-electron chi connectivity index (χ2n) is 4.67. The van der Waals surface area contributed by atoms with Crippen LogP contribution in [0.1, 0.15) is 0 Å². The fraction of sp³-hybridized carbons (Fsp3) is 0. The maximum atomic E-state index is 2.21. The average Bonchev–Trinajstić information content (AvgIpc) is 2.46. The molecule has 18 heavy (non-hydrogen) atoms. The lowest BCUT2D eigenvalue weighted by molar-refractivity contribution is 1.77. The number of hydrogen-bond donors (Lipinski definition) is 0. The second kappa shape index (κ2) is 3.58. The molecule has 84 valence electrons. The molecule has 0 fully saturated rings. The summed E-state index contributed by atoms with van der Waals surface area (Å²) in [4.78, 5) is 0. The Labute approximate surface area is 105 Å². The van der Waals surface area contributed by atoms with Crippen LogP contribution < -0.4 is 0 Å². The predicted molar refractivity (Wildman–Crippen MR) is 79.0 cm³/mol. The molecule has 0 heterocycles. The zero-order valence-corrected chi connectivity index (χ0v) is 9.93. The first-order valence-corrected chi connectivity index (χ1v) is 6.23. The minimum Gasteiger partial charge on any atom is -0.0616 e. The highest BCUT2D eigenvalue weighted by atomic mass is 14.1. The van der Waals surface area contributed by atoms with Gasteiger partial charge in [-0.1, -0.05) is 72.8 Å². The highest BCUT2D eigenvalue weighted by molar-refractivity contribution is 6.20. The van der Waals surface area contributed by atoms with Crippen molar-refractivity contribution in [1.82, 2.24) is 0 Å². The molecule has 0 radical (unpaired) electrons. The van der Waals surface area contributed by atoms with Gasteiger partial charge in [-0.3, -0.25) is 0 Å². The van der Waals surface area contributed by atoms with Crippen molar-refractivity contribution in [2.75, 3.05) is 0 Å². The van der Waals surface area contributed by atoms with E-state index < -0.39 is 0 Å². The summed E-state index contributed by atoms with van der Waals surface area (Å²) >= 11 is 0. The molecule has 4 aromatic rings. The number of fused-ring (bicyclic) bond motifs is 5. The van der Waals surface area contributed by atoms with Crippen molar-refractivity contribution in [2.24, 2.45) is 0 Å². The van der Waals surface area contributed by atoms with Crippen molar-refractivity contribution in [2.45, 2.75) is 0 Å². The lowest BCUT2D eigenvalue weighted by Gasteiger charge is -2.07. The van der Waals surface area contributed by atoms with Gasteiger partial charge in [0.1, 0.15) is 0 Å². The van der Waals surface area contributed by atoms with E-state index in [0.29, 0.717) is 0 Å². The van der Waals surface area contributed by atoms with Crippen LogP contribution in [0.4, 0.5) is 0 Å². The molecular formula is C18H12. The molecule has 0 heteroatoms. The Morgan fingerprint density at radius 3 is 1.39 bits per heavy atom. The summed E-state index contributed by atoms with van der Waals surface area (Å²) in [6.45, 7) is 0. The molecule has 0 amide bonds. The van der Waals surface area contributed by atoms with Crippen LogP contribution in [-0.4, -0.2) is 0 Å².